The number of hydrogen-bond donors (Lipinski definition) is 3. The number of ketones is 3. The predicted octanol–water partition coefficient (Wildman–Crippen LogP) is 8.33. The number of nitrogens with zero attached hydrogens (tertiary/aromatic N) is 1. The minimum Gasteiger partial charge on any atom is -0.460 e. The molecule has 1 aromatic carbocycles. The Bertz CT molecular complexity index is 2050. The summed E-state index contributed by atoms with van der Waals surface area (Å²) < 4.78 is 23.9. The number of allylic oxidation sites excluding steroid dienone is 6. The van der Waals surface area contributed by atoms with Crippen molar-refractivity contribution in [3.05, 3.63) is 77.9 Å². The number of piperidine rings is 1. The van der Waals surface area contributed by atoms with Gasteiger partial charge in [-0.15, -0.1) is 11.8 Å². The molecule has 4 aliphatic rings. The number of rotatable bonds is 7. The van der Waals surface area contributed by atoms with Crippen molar-refractivity contribution in [1.29, 1.82) is 0 Å². The third kappa shape index (κ3) is 15.1. The molecule has 3 fully saturated rings. The molecule has 15 atom stereocenters. The van der Waals surface area contributed by atoms with Crippen molar-refractivity contribution in [2.75, 3.05) is 20.8 Å². The molecule has 3 heterocycles. The smallest absolute Gasteiger partial charge is 0.329 e. The van der Waals surface area contributed by atoms with Gasteiger partial charge in [0.05, 0.1) is 18.3 Å². The predicted molar refractivity (Wildman–Crippen MR) is 270 cm³/mol. The molecule has 0 radical (unpaired) electrons. The molecule has 1 saturated carbocycles. The summed E-state index contributed by atoms with van der Waals surface area (Å²) in [6.07, 6.45) is 12.2. The summed E-state index contributed by atoms with van der Waals surface area (Å²) in [7, 11) is 2.96. The molecule has 13 nitrogen and oxygen atoms in total. The first-order valence-electron chi connectivity index (χ1n) is 25.6. The monoisotopic (exact) mass is 992 g/mol. The van der Waals surface area contributed by atoms with Crippen LogP contribution >= 0.6 is 11.8 Å². The normalized spacial score (nSPS) is 38.3. The molecule has 6 unspecified atom stereocenters. The fourth-order valence-electron chi connectivity index (χ4n) is 10.6. The number of Topliss-reactive ketones (excluding diaryl/α,β-unsaturated/α-hetero) is 3. The van der Waals surface area contributed by atoms with Crippen molar-refractivity contribution in [3.63, 3.8) is 0 Å². The van der Waals surface area contributed by atoms with E-state index < -0.39 is 77.8 Å². The fraction of sp³-hybridized carbons (Fsp3) is 0.661. The van der Waals surface area contributed by atoms with Crippen LogP contribution in [0.1, 0.15) is 126 Å². The van der Waals surface area contributed by atoms with E-state index in [0.29, 0.717) is 63.4 Å². The highest BCUT2D eigenvalue weighted by molar-refractivity contribution is 8.00. The lowest BCUT2D eigenvalue weighted by Gasteiger charge is -2.43. The second-order valence-electron chi connectivity index (χ2n) is 20.8. The van der Waals surface area contributed by atoms with E-state index in [1.54, 1.807) is 45.7 Å². The van der Waals surface area contributed by atoms with Crippen molar-refractivity contribution in [1.82, 2.24) is 4.90 Å². The average molecular weight is 992 g/mol. The molecule has 2 saturated heterocycles. The fourth-order valence-corrected chi connectivity index (χ4v) is 11.9. The van der Waals surface area contributed by atoms with Gasteiger partial charge in [0.25, 0.3) is 11.7 Å². The van der Waals surface area contributed by atoms with Gasteiger partial charge < -0.3 is 39.2 Å². The van der Waals surface area contributed by atoms with Crippen molar-refractivity contribution in [3.8, 4) is 0 Å². The van der Waals surface area contributed by atoms with Crippen LogP contribution in [0.5, 0.6) is 0 Å². The summed E-state index contributed by atoms with van der Waals surface area (Å²) in [6.45, 7) is 12.9. The van der Waals surface area contributed by atoms with Gasteiger partial charge in [0.15, 0.2) is 5.78 Å². The first-order chi connectivity index (χ1) is 33.3. The van der Waals surface area contributed by atoms with Crippen LogP contribution in [0.4, 0.5) is 0 Å². The van der Waals surface area contributed by atoms with Crippen LogP contribution in [0.3, 0.4) is 0 Å². The van der Waals surface area contributed by atoms with Gasteiger partial charge in [-0.3, -0.25) is 19.2 Å². The topological polar surface area (TPSA) is 186 Å². The largest absolute Gasteiger partial charge is 0.460 e. The summed E-state index contributed by atoms with van der Waals surface area (Å²) >= 11 is 1.65. The van der Waals surface area contributed by atoms with Crippen LogP contribution in [0.15, 0.2) is 82.8 Å². The van der Waals surface area contributed by atoms with Crippen molar-refractivity contribution in [2.45, 2.75) is 184 Å². The van der Waals surface area contributed by atoms with Gasteiger partial charge in [-0.05, 0) is 120 Å². The van der Waals surface area contributed by atoms with Gasteiger partial charge in [0, 0.05) is 55.1 Å². The number of carbonyl (C=O) groups excluding carboxylic acids is 5. The van der Waals surface area contributed by atoms with Gasteiger partial charge >= 0.3 is 5.97 Å². The highest BCUT2D eigenvalue weighted by Gasteiger charge is 2.53. The highest BCUT2D eigenvalue weighted by Crippen LogP contribution is 2.40. The molecular weight excluding hydrogens is 911 g/mol. The van der Waals surface area contributed by atoms with Crippen LogP contribution in [0.25, 0.3) is 0 Å². The summed E-state index contributed by atoms with van der Waals surface area (Å²) in [4.78, 5) is 73.6. The Hall–Kier alpha value is -3.76. The lowest BCUT2D eigenvalue weighted by molar-refractivity contribution is -0.263. The summed E-state index contributed by atoms with van der Waals surface area (Å²) in [5.74, 6) is -7.91. The number of amides is 1. The molecule has 1 aliphatic carbocycles. The van der Waals surface area contributed by atoms with E-state index in [9.17, 15) is 39.3 Å². The number of aliphatic hydroxyl groups is 3. The Labute approximate surface area is 420 Å². The molecule has 14 heteroatoms. The van der Waals surface area contributed by atoms with E-state index >= 15 is 0 Å². The molecule has 70 heavy (non-hydrogen) atoms. The van der Waals surface area contributed by atoms with E-state index in [2.05, 4.69) is 0 Å². The average Bonchev–Trinajstić information content (AvgIpc) is 3.34. The van der Waals surface area contributed by atoms with E-state index in [4.69, 9.17) is 18.9 Å². The minimum absolute atomic E-state index is 0.0190. The standard InChI is InChI=1S/C56H81NO12S/c1-34-18-12-10-13-19-35(2)49(70-43-20-14-11-15-21-43)32-42-25-23-40(7)56(65,69-42)53(62)54(63)57-27-17-16-22-44(57)55(64)68-47(37(4)30-41-24-26-45(58)48(31-41)66-8)33-46(59)36(3)29-39(6)51(61)52(67-9)50(60)38(5)28-34/h10-15,18-21,29,34,36-38,40-42,44-45,47-49,51-52,58,61,65H,16-17,22-28,30-33H2,1-9H3/b13-10+,18-12+,35-19+,39-29+/t34-,36-,37-,38?,40-,41?,42?,44?,45-,47+,48?,49-,51-,52+,56?/m1/s1. The van der Waals surface area contributed by atoms with Crippen molar-refractivity contribution < 1.29 is 58.2 Å². The van der Waals surface area contributed by atoms with Crippen LogP contribution in [0.2, 0.25) is 0 Å². The van der Waals surface area contributed by atoms with Gasteiger partial charge in [0.2, 0.25) is 5.79 Å². The van der Waals surface area contributed by atoms with Crippen LogP contribution < -0.4 is 0 Å². The summed E-state index contributed by atoms with van der Waals surface area (Å²) in [6, 6.07) is 8.81. The molecule has 1 aromatic rings. The van der Waals surface area contributed by atoms with E-state index in [1.165, 1.54) is 12.0 Å². The minimum atomic E-state index is -2.42. The number of esters is 1. The van der Waals surface area contributed by atoms with Gasteiger partial charge in [-0.2, -0.15) is 0 Å². The second kappa shape index (κ2) is 26.8. The Morgan fingerprint density at radius 3 is 2.29 bits per heavy atom. The zero-order valence-corrected chi connectivity index (χ0v) is 43.8. The third-order valence-electron chi connectivity index (χ3n) is 15.2. The quantitative estimate of drug-likeness (QED) is 0.135. The molecule has 388 valence electrons. The van der Waals surface area contributed by atoms with E-state index in [1.807, 2.05) is 88.4 Å². The van der Waals surface area contributed by atoms with Crippen molar-refractivity contribution >= 4 is 41.0 Å². The number of ether oxygens (including phenoxy) is 4. The maximum atomic E-state index is 14.5. The Kier molecular flexibility index (Phi) is 21.9. The first-order valence-corrected chi connectivity index (χ1v) is 26.5. The van der Waals surface area contributed by atoms with Crippen LogP contribution in [0, 0.1) is 35.5 Å². The third-order valence-corrected chi connectivity index (χ3v) is 16.6. The number of aliphatic hydroxyl groups excluding tert-OH is 2. The molecule has 5 rings (SSSR count). The maximum Gasteiger partial charge on any atom is 0.329 e. The van der Waals surface area contributed by atoms with Gasteiger partial charge in [-0.1, -0.05) is 94.8 Å². The first kappa shape index (κ1) is 57.1. The number of methoxy groups -OCH3 is 2. The Morgan fingerprint density at radius 1 is 0.857 bits per heavy atom. The van der Waals surface area contributed by atoms with Crippen LogP contribution in [-0.4, -0.2) is 124 Å². The number of carbonyl (C=O) groups is 5. The molecule has 3 aliphatic heterocycles. The Balaban J connectivity index is 1.49. The molecule has 0 aromatic heterocycles. The number of thioether (sulfide) groups is 1. The molecule has 1 amide bonds. The zero-order valence-electron chi connectivity index (χ0n) is 43.0. The highest BCUT2D eigenvalue weighted by atomic mass is 32.2. The number of cyclic esters (lactones) is 1. The lowest BCUT2D eigenvalue weighted by atomic mass is 9.78. The number of fused-ring (bicyclic) bond motifs is 3. The van der Waals surface area contributed by atoms with Gasteiger partial charge in [0.1, 0.15) is 30.1 Å². The zero-order chi connectivity index (χ0) is 51.3. The Morgan fingerprint density at radius 2 is 1.59 bits per heavy atom. The van der Waals surface area contributed by atoms with Gasteiger partial charge in [-0.25, -0.2) is 4.79 Å². The summed E-state index contributed by atoms with van der Waals surface area (Å²) in [5, 5.41) is 34.1. The number of hydrogen-bond acceptors (Lipinski definition) is 13. The van der Waals surface area contributed by atoms with E-state index in [-0.39, 0.29) is 60.1 Å². The van der Waals surface area contributed by atoms with Crippen LogP contribution in [-0.2, 0) is 42.9 Å². The molecule has 3 N–H and O–H groups in total. The lowest BCUT2D eigenvalue weighted by Crippen LogP contribution is -2.60. The number of benzene rings is 1. The molecule has 2 bridgehead atoms. The maximum absolute atomic E-state index is 14.5. The summed E-state index contributed by atoms with van der Waals surface area (Å²) in [5.41, 5.74) is 1.42. The molecule has 0 spiro atoms. The second-order valence-corrected chi connectivity index (χ2v) is 22.1. The SMILES string of the molecule is COC1CC(C[C@@H](C)[C@@H]2CC(=O)[C@H](C)/C=C(\C)[C@@H](O)[C@@H](OC)C(=O)C(C)C[C@H](C)/C=C/C=C/C=C(\C)[C@H](Sc3ccccc3)CC3CC[C@@H](C)C(O)(O3)C(=O)C(=O)N3CCCCC3C(=O)O2)CC[C@H]1O. The van der Waals surface area contributed by atoms with E-state index in [0.717, 1.165) is 16.9 Å². The molecular formula is C56H81NO12S. The van der Waals surface area contributed by atoms with Crippen molar-refractivity contribution in [2.24, 2.45) is 35.5 Å².